The van der Waals surface area contributed by atoms with Crippen molar-refractivity contribution in [2.24, 2.45) is 0 Å². The molecule has 2 heterocycles. The molecule has 0 saturated heterocycles. The van der Waals surface area contributed by atoms with Gasteiger partial charge < -0.3 is 5.11 Å². The molecule has 0 spiro atoms. The maximum atomic E-state index is 10.9. The average molecular weight is 257 g/mol. The first-order valence-corrected chi connectivity index (χ1v) is 5.95. The fourth-order valence-electron chi connectivity index (χ4n) is 1.59. The lowest BCUT2D eigenvalue weighted by molar-refractivity contribution is 0.0697. The number of hydrogen-bond acceptors (Lipinski definition) is 5. The van der Waals surface area contributed by atoms with Crippen LogP contribution in [0.1, 0.15) is 10.4 Å². The van der Waals surface area contributed by atoms with Crippen LogP contribution in [0.4, 0.5) is 0 Å². The van der Waals surface area contributed by atoms with Crippen LogP contribution < -0.4 is 0 Å². The molecule has 3 rings (SSSR count). The van der Waals surface area contributed by atoms with Crippen molar-refractivity contribution in [1.82, 2.24) is 15.0 Å². The second-order valence-corrected chi connectivity index (χ2v) is 4.66. The minimum absolute atomic E-state index is 0.266. The van der Waals surface area contributed by atoms with Gasteiger partial charge in [0.05, 0.1) is 15.8 Å². The van der Waals surface area contributed by atoms with Crippen molar-refractivity contribution in [3.05, 3.63) is 42.5 Å². The maximum Gasteiger partial charge on any atom is 0.335 e. The summed E-state index contributed by atoms with van der Waals surface area (Å²) in [5, 5.41) is 9.72. The molecule has 18 heavy (non-hydrogen) atoms. The average Bonchev–Trinajstić information content (AvgIpc) is 2.82. The Labute approximate surface area is 106 Å². The van der Waals surface area contributed by atoms with Crippen LogP contribution in [0.5, 0.6) is 0 Å². The number of aromatic nitrogens is 3. The summed E-state index contributed by atoms with van der Waals surface area (Å²) in [5.74, 6) is -0.935. The van der Waals surface area contributed by atoms with Crippen molar-refractivity contribution in [2.75, 3.05) is 0 Å². The molecule has 0 aliphatic rings. The molecule has 0 saturated carbocycles. The Hall–Kier alpha value is -2.34. The third-order valence-corrected chi connectivity index (χ3v) is 3.51. The van der Waals surface area contributed by atoms with E-state index in [0.717, 1.165) is 20.8 Å². The van der Waals surface area contributed by atoms with E-state index in [2.05, 4.69) is 15.0 Å². The highest BCUT2D eigenvalue weighted by molar-refractivity contribution is 7.21. The second-order valence-electron chi connectivity index (χ2n) is 3.63. The molecule has 2 aromatic heterocycles. The Morgan fingerprint density at radius 3 is 2.72 bits per heavy atom. The van der Waals surface area contributed by atoms with E-state index in [0.29, 0.717) is 0 Å². The highest BCUT2D eigenvalue weighted by Crippen LogP contribution is 2.29. The van der Waals surface area contributed by atoms with E-state index in [1.807, 2.05) is 0 Å². The van der Waals surface area contributed by atoms with E-state index in [4.69, 9.17) is 5.11 Å². The van der Waals surface area contributed by atoms with Crippen molar-refractivity contribution < 1.29 is 9.90 Å². The van der Waals surface area contributed by atoms with Crippen LogP contribution in [0.2, 0.25) is 0 Å². The molecule has 0 bridgehead atoms. The lowest BCUT2D eigenvalue weighted by atomic mass is 10.2. The first kappa shape index (κ1) is 10.8. The van der Waals surface area contributed by atoms with Gasteiger partial charge in [-0.05, 0) is 18.2 Å². The third-order valence-electron chi connectivity index (χ3n) is 2.44. The number of benzene rings is 1. The third kappa shape index (κ3) is 1.82. The summed E-state index contributed by atoms with van der Waals surface area (Å²) in [5.41, 5.74) is 1.88. The SMILES string of the molecule is O=C(O)c1ccc2nc(-c3cncnc3)sc2c1. The van der Waals surface area contributed by atoms with Gasteiger partial charge in [0, 0.05) is 18.0 Å². The molecule has 88 valence electrons. The van der Waals surface area contributed by atoms with E-state index in [-0.39, 0.29) is 5.56 Å². The van der Waals surface area contributed by atoms with Crippen LogP contribution in [-0.4, -0.2) is 26.0 Å². The molecule has 0 fully saturated rings. The van der Waals surface area contributed by atoms with Gasteiger partial charge in [0.2, 0.25) is 0 Å². The van der Waals surface area contributed by atoms with Crippen LogP contribution in [0.25, 0.3) is 20.8 Å². The fourth-order valence-corrected chi connectivity index (χ4v) is 2.57. The zero-order valence-corrected chi connectivity index (χ0v) is 9.89. The molecule has 5 nitrogen and oxygen atoms in total. The predicted octanol–water partition coefficient (Wildman–Crippen LogP) is 2.45. The molecule has 0 aliphatic carbocycles. The summed E-state index contributed by atoms with van der Waals surface area (Å²) in [6, 6.07) is 4.89. The van der Waals surface area contributed by atoms with Gasteiger partial charge in [-0.15, -0.1) is 11.3 Å². The number of thiazole rings is 1. The molecule has 1 N–H and O–H groups in total. The minimum Gasteiger partial charge on any atom is -0.478 e. The fraction of sp³-hybridized carbons (Fsp3) is 0. The molecular weight excluding hydrogens is 250 g/mol. The summed E-state index contributed by atoms with van der Waals surface area (Å²) in [6.45, 7) is 0. The van der Waals surface area contributed by atoms with E-state index >= 15 is 0 Å². The van der Waals surface area contributed by atoms with Gasteiger partial charge in [0.25, 0.3) is 0 Å². The smallest absolute Gasteiger partial charge is 0.335 e. The number of hydrogen-bond donors (Lipinski definition) is 1. The molecular formula is C12H7N3O2S. The number of carboxylic acid groups (broad SMARTS) is 1. The zero-order valence-electron chi connectivity index (χ0n) is 9.07. The largest absolute Gasteiger partial charge is 0.478 e. The minimum atomic E-state index is -0.935. The van der Waals surface area contributed by atoms with Crippen molar-refractivity contribution in [3.8, 4) is 10.6 Å². The predicted molar refractivity (Wildman–Crippen MR) is 67.6 cm³/mol. The Kier molecular flexibility index (Phi) is 2.49. The van der Waals surface area contributed by atoms with Gasteiger partial charge in [0.15, 0.2) is 0 Å². The maximum absolute atomic E-state index is 10.9. The van der Waals surface area contributed by atoms with Gasteiger partial charge in [-0.2, -0.15) is 0 Å². The molecule has 0 unspecified atom stereocenters. The van der Waals surface area contributed by atoms with E-state index in [1.165, 1.54) is 17.7 Å². The number of rotatable bonds is 2. The van der Waals surface area contributed by atoms with Crippen molar-refractivity contribution >= 4 is 27.5 Å². The molecule has 0 atom stereocenters. The van der Waals surface area contributed by atoms with Crippen LogP contribution in [0.15, 0.2) is 36.9 Å². The van der Waals surface area contributed by atoms with Crippen LogP contribution in [0.3, 0.4) is 0 Å². The Balaban J connectivity index is 2.14. The summed E-state index contributed by atoms with van der Waals surface area (Å²) >= 11 is 1.43. The monoisotopic (exact) mass is 257 g/mol. The highest BCUT2D eigenvalue weighted by atomic mass is 32.1. The molecule has 6 heteroatoms. The second kappa shape index (κ2) is 4.15. The first-order valence-electron chi connectivity index (χ1n) is 5.13. The summed E-state index contributed by atoms with van der Waals surface area (Å²) in [4.78, 5) is 23.2. The molecule has 1 aromatic carbocycles. The lowest BCUT2D eigenvalue weighted by Gasteiger charge is -1.91. The zero-order chi connectivity index (χ0) is 12.5. The number of fused-ring (bicyclic) bond motifs is 1. The van der Waals surface area contributed by atoms with Crippen molar-refractivity contribution in [2.45, 2.75) is 0 Å². The van der Waals surface area contributed by atoms with Gasteiger partial charge >= 0.3 is 5.97 Å². The molecule has 0 amide bonds. The number of carboxylic acids is 1. The summed E-state index contributed by atoms with van der Waals surface area (Å²) in [7, 11) is 0. The number of nitrogens with zero attached hydrogens (tertiary/aromatic N) is 3. The molecule has 3 aromatic rings. The lowest BCUT2D eigenvalue weighted by Crippen LogP contribution is -1.94. The van der Waals surface area contributed by atoms with E-state index in [1.54, 1.807) is 30.6 Å². The first-order chi connectivity index (χ1) is 8.74. The molecule has 0 aliphatic heterocycles. The topological polar surface area (TPSA) is 76.0 Å². The van der Waals surface area contributed by atoms with Gasteiger partial charge in [0.1, 0.15) is 11.3 Å². The van der Waals surface area contributed by atoms with Crippen LogP contribution in [0, 0.1) is 0 Å². The van der Waals surface area contributed by atoms with Crippen molar-refractivity contribution in [1.29, 1.82) is 0 Å². The molecule has 0 radical (unpaired) electrons. The van der Waals surface area contributed by atoms with Crippen molar-refractivity contribution in [3.63, 3.8) is 0 Å². The van der Waals surface area contributed by atoms with Crippen LogP contribution in [-0.2, 0) is 0 Å². The Morgan fingerprint density at radius 2 is 2.00 bits per heavy atom. The van der Waals surface area contributed by atoms with Gasteiger partial charge in [-0.1, -0.05) is 0 Å². The summed E-state index contributed by atoms with van der Waals surface area (Å²) in [6.07, 6.45) is 4.82. The van der Waals surface area contributed by atoms with Crippen LogP contribution >= 0.6 is 11.3 Å². The van der Waals surface area contributed by atoms with Gasteiger partial charge in [-0.3, -0.25) is 0 Å². The van der Waals surface area contributed by atoms with E-state index < -0.39 is 5.97 Å². The normalized spacial score (nSPS) is 10.7. The number of aromatic carboxylic acids is 1. The quantitative estimate of drug-likeness (QED) is 0.763. The summed E-state index contributed by atoms with van der Waals surface area (Å²) < 4.78 is 0.841. The van der Waals surface area contributed by atoms with Gasteiger partial charge in [-0.25, -0.2) is 19.7 Å². The highest BCUT2D eigenvalue weighted by Gasteiger charge is 2.09. The Bertz CT molecular complexity index is 725. The number of carbonyl (C=O) groups is 1. The van der Waals surface area contributed by atoms with E-state index in [9.17, 15) is 4.79 Å². The standard InChI is InChI=1S/C12H7N3O2S/c16-12(17)7-1-2-9-10(3-7)18-11(15-9)8-4-13-6-14-5-8/h1-6H,(H,16,17). The Morgan fingerprint density at radius 1 is 1.22 bits per heavy atom.